The van der Waals surface area contributed by atoms with E-state index in [9.17, 15) is 4.39 Å². The first-order valence-electron chi connectivity index (χ1n) is 5.77. The highest BCUT2D eigenvalue weighted by molar-refractivity contribution is 5.49. The van der Waals surface area contributed by atoms with Crippen LogP contribution in [0.2, 0.25) is 0 Å². The van der Waals surface area contributed by atoms with Crippen molar-refractivity contribution < 1.29 is 9.13 Å². The van der Waals surface area contributed by atoms with E-state index < -0.39 is 0 Å². The summed E-state index contributed by atoms with van der Waals surface area (Å²) in [6.07, 6.45) is 0. The van der Waals surface area contributed by atoms with Gasteiger partial charge in [0.15, 0.2) is 0 Å². The average molecular weight is 262 g/mol. The van der Waals surface area contributed by atoms with Gasteiger partial charge < -0.3 is 10.2 Å². The second-order valence-corrected chi connectivity index (χ2v) is 4.21. The zero-order valence-electron chi connectivity index (χ0n) is 11.0. The smallest absolute Gasteiger partial charge is 0.227 e. The number of hydrogen-bond donors (Lipinski definition) is 2. The molecule has 1 aromatic heterocycles. The van der Waals surface area contributed by atoms with Crippen LogP contribution in [0.25, 0.3) is 0 Å². The lowest BCUT2D eigenvalue weighted by Crippen LogP contribution is -2.12. The second kappa shape index (κ2) is 5.19. The molecule has 0 spiro atoms. The molecule has 0 saturated heterocycles. The SMILES string of the molecule is Cc1nc(NN)c(C)c(Oc2cc(F)ccc2C)n1. The molecule has 100 valence electrons. The summed E-state index contributed by atoms with van der Waals surface area (Å²) in [6, 6.07) is 4.35. The summed E-state index contributed by atoms with van der Waals surface area (Å²) in [5.41, 5.74) is 3.97. The molecule has 0 unspecified atom stereocenters. The highest BCUT2D eigenvalue weighted by atomic mass is 19.1. The molecule has 6 heteroatoms. The maximum Gasteiger partial charge on any atom is 0.227 e. The van der Waals surface area contributed by atoms with E-state index in [1.165, 1.54) is 12.1 Å². The fourth-order valence-corrected chi connectivity index (χ4v) is 1.63. The number of benzene rings is 1. The van der Waals surface area contributed by atoms with Gasteiger partial charge in [0.25, 0.3) is 0 Å². The van der Waals surface area contributed by atoms with Crippen molar-refractivity contribution in [2.75, 3.05) is 5.43 Å². The molecule has 19 heavy (non-hydrogen) atoms. The highest BCUT2D eigenvalue weighted by Crippen LogP contribution is 2.29. The van der Waals surface area contributed by atoms with E-state index in [-0.39, 0.29) is 5.82 Å². The van der Waals surface area contributed by atoms with Gasteiger partial charge in [0, 0.05) is 6.07 Å². The molecule has 0 bridgehead atoms. The van der Waals surface area contributed by atoms with Crippen LogP contribution in [0.1, 0.15) is 17.0 Å². The molecular weight excluding hydrogens is 247 g/mol. The summed E-state index contributed by atoms with van der Waals surface area (Å²) in [4.78, 5) is 8.33. The molecule has 0 fully saturated rings. The Hall–Kier alpha value is -2.21. The first kappa shape index (κ1) is 13.2. The Morgan fingerprint density at radius 2 is 1.95 bits per heavy atom. The molecular formula is C13H15FN4O. The molecule has 2 rings (SSSR count). The summed E-state index contributed by atoms with van der Waals surface area (Å²) >= 11 is 0. The van der Waals surface area contributed by atoms with Crippen molar-refractivity contribution in [3.63, 3.8) is 0 Å². The molecule has 0 amide bonds. The maximum absolute atomic E-state index is 13.2. The fourth-order valence-electron chi connectivity index (χ4n) is 1.63. The summed E-state index contributed by atoms with van der Waals surface area (Å²) in [6.45, 7) is 5.34. The second-order valence-electron chi connectivity index (χ2n) is 4.21. The maximum atomic E-state index is 13.2. The number of hydrogen-bond acceptors (Lipinski definition) is 5. The zero-order valence-corrected chi connectivity index (χ0v) is 11.0. The van der Waals surface area contributed by atoms with Crippen molar-refractivity contribution in [3.05, 3.63) is 41.0 Å². The average Bonchev–Trinajstić information content (AvgIpc) is 2.37. The lowest BCUT2D eigenvalue weighted by molar-refractivity contribution is 0.448. The predicted molar refractivity (Wildman–Crippen MR) is 70.5 cm³/mol. The Labute approximate surface area is 110 Å². The summed E-state index contributed by atoms with van der Waals surface area (Å²) in [5.74, 6) is 6.80. The minimum absolute atomic E-state index is 0.356. The van der Waals surface area contributed by atoms with Gasteiger partial charge in [0.2, 0.25) is 5.88 Å². The predicted octanol–water partition coefficient (Wildman–Crippen LogP) is 2.62. The van der Waals surface area contributed by atoms with Gasteiger partial charge in [0.1, 0.15) is 23.2 Å². The fraction of sp³-hybridized carbons (Fsp3) is 0.231. The number of anilines is 1. The Morgan fingerprint density at radius 3 is 2.63 bits per heavy atom. The van der Waals surface area contributed by atoms with Crippen molar-refractivity contribution in [3.8, 4) is 11.6 Å². The summed E-state index contributed by atoms with van der Waals surface area (Å²) < 4.78 is 18.9. The molecule has 2 aromatic rings. The third-order valence-corrected chi connectivity index (χ3v) is 2.71. The highest BCUT2D eigenvalue weighted by Gasteiger charge is 2.12. The zero-order chi connectivity index (χ0) is 14.0. The number of aromatic nitrogens is 2. The molecule has 3 N–H and O–H groups in total. The number of hydrazine groups is 1. The van der Waals surface area contributed by atoms with E-state index in [1.54, 1.807) is 19.9 Å². The minimum Gasteiger partial charge on any atom is -0.438 e. The Kier molecular flexibility index (Phi) is 3.62. The van der Waals surface area contributed by atoms with Crippen LogP contribution in [0, 0.1) is 26.6 Å². The minimum atomic E-state index is -0.360. The number of halogens is 1. The quantitative estimate of drug-likeness (QED) is 0.657. The largest absolute Gasteiger partial charge is 0.438 e. The van der Waals surface area contributed by atoms with E-state index in [0.717, 1.165) is 5.56 Å². The van der Waals surface area contributed by atoms with Gasteiger partial charge in [-0.15, -0.1) is 0 Å². The molecule has 0 aliphatic rings. The molecule has 0 atom stereocenters. The lowest BCUT2D eigenvalue weighted by Gasteiger charge is -2.12. The third-order valence-electron chi connectivity index (χ3n) is 2.71. The van der Waals surface area contributed by atoms with Crippen LogP contribution in [-0.4, -0.2) is 9.97 Å². The number of ether oxygens (including phenoxy) is 1. The van der Waals surface area contributed by atoms with E-state index in [4.69, 9.17) is 10.6 Å². The summed E-state index contributed by atoms with van der Waals surface area (Å²) in [5, 5.41) is 0. The number of rotatable bonds is 3. The van der Waals surface area contributed by atoms with Gasteiger partial charge in [-0.1, -0.05) is 6.07 Å². The standard InChI is InChI=1S/C13H15FN4O/c1-7-4-5-10(14)6-11(7)19-13-8(2)12(18-15)16-9(3)17-13/h4-6H,15H2,1-3H3,(H,16,17,18). The Balaban J connectivity index is 2.43. The molecule has 5 nitrogen and oxygen atoms in total. The van der Waals surface area contributed by atoms with Crippen LogP contribution in [0.5, 0.6) is 11.6 Å². The lowest BCUT2D eigenvalue weighted by atomic mass is 10.2. The van der Waals surface area contributed by atoms with Crippen LogP contribution in [-0.2, 0) is 0 Å². The molecule has 0 aliphatic heterocycles. The monoisotopic (exact) mass is 262 g/mol. The first-order valence-corrected chi connectivity index (χ1v) is 5.77. The Bertz CT molecular complexity index is 616. The van der Waals surface area contributed by atoms with Crippen molar-refractivity contribution >= 4 is 5.82 Å². The van der Waals surface area contributed by atoms with Crippen molar-refractivity contribution in [2.45, 2.75) is 20.8 Å². The Morgan fingerprint density at radius 1 is 1.21 bits per heavy atom. The van der Waals surface area contributed by atoms with Gasteiger partial charge in [-0.2, -0.15) is 4.98 Å². The van der Waals surface area contributed by atoms with Crippen LogP contribution >= 0.6 is 0 Å². The van der Waals surface area contributed by atoms with Crippen LogP contribution in [0.3, 0.4) is 0 Å². The first-order chi connectivity index (χ1) is 9.01. The number of nitrogens with zero attached hydrogens (tertiary/aromatic N) is 2. The van der Waals surface area contributed by atoms with E-state index in [2.05, 4.69) is 15.4 Å². The number of nitrogens with two attached hydrogens (primary N) is 1. The van der Waals surface area contributed by atoms with Gasteiger partial charge in [-0.25, -0.2) is 15.2 Å². The van der Waals surface area contributed by atoms with E-state index in [1.807, 2.05) is 6.92 Å². The van der Waals surface area contributed by atoms with Gasteiger partial charge in [0.05, 0.1) is 5.56 Å². The van der Waals surface area contributed by atoms with Crippen LogP contribution in [0.4, 0.5) is 10.2 Å². The van der Waals surface area contributed by atoms with E-state index >= 15 is 0 Å². The number of nitrogen functional groups attached to an aromatic ring is 1. The normalized spacial score (nSPS) is 10.4. The van der Waals surface area contributed by atoms with Crippen LogP contribution in [0.15, 0.2) is 18.2 Å². The molecule has 1 aromatic carbocycles. The van der Waals surface area contributed by atoms with Crippen molar-refractivity contribution in [1.29, 1.82) is 0 Å². The van der Waals surface area contributed by atoms with Crippen LogP contribution < -0.4 is 16.0 Å². The van der Waals surface area contributed by atoms with E-state index in [0.29, 0.717) is 28.8 Å². The molecule has 0 aliphatic carbocycles. The number of nitrogens with one attached hydrogen (secondary N) is 1. The topological polar surface area (TPSA) is 73.1 Å². The van der Waals surface area contributed by atoms with Gasteiger partial charge >= 0.3 is 0 Å². The van der Waals surface area contributed by atoms with Gasteiger partial charge in [-0.3, -0.25) is 0 Å². The molecule has 0 radical (unpaired) electrons. The van der Waals surface area contributed by atoms with Crippen molar-refractivity contribution in [1.82, 2.24) is 9.97 Å². The van der Waals surface area contributed by atoms with Gasteiger partial charge in [-0.05, 0) is 32.4 Å². The van der Waals surface area contributed by atoms with Crippen molar-refractivity contribution in [2.24, 2.45) is 5.84 Å². The summed E-state index contributed by atoms with van der Waals surface area (Å²) in [7, 11) is 0. The molecule has 0 saturated carbocycles. The molecule has 1 heterocycles. The third kappa shape index (κ3) is 2.79. The number of aryl methyl sites for hydroxylation is 2.